The molecule has 0 atom stereocenters. The summed E-state index contributed by atoms with van der Waals surface area (Å²) in [5, 5.41) is 2.97. The number of benzene rings is 2. The van der Waals surface area contributed by atoms with Crippen molar-refractivity contribution in [2.45, 2.75) is 31.7 Å². The van der Waals surface area contributed by atoms with Gasteiger partial charge in [-0.15, -0.1) is 0 Å². The lowest BCUT2D eigenvalue weighted by molar-refractivity contribution is -0.117. The van der Waals surface area contributed by atoms with Gasteiger partial charge in [0.25, 0.3) is 0 Å². The Labute approximate surface area is 219 Å². The quantitative estimate of drug-likeness (QED) is 0.438. The fourth-order valence-electron chi connectivity index (χ4n) is 4.94. The molecule has 2 aliphatic rings. The van der Waals surface area contributed by atoms with Crippen LogP contribution >= 0.6 is 0 Å². The van der Waals surface area contributed by atoms with Crippen LogP contribution in [0.1, 0.15) is 42.5 Å². The number of nitrogens with two attached hydrogens (primary N) is 1. The van der Waals surface area contributed by atoms with E-state index in [4.69, 9.17) is 15.5 Å². The zero-order valence-corrected chi connectivity index (χ0v) is 20.7. The Morgan fingerprint density at radius 3 is 2.61 bits per heavy atom. The number of carbonyl (C=O) groups is 1. The molecule has 1 aliphatic heterocycles. The Kier molecular flexibility index (Phi) is 7.26. The molecule has 1 aromatic heterocycles. The largest absolute Gasteiger partial charge is 0.457 e. The maximum atomic E-state index is 15.3. The Morgan fingerprint density at radius 1 is 1.08 bits per heavy atom. The molecule has 1 saturated carbocycles. The molecule has 0 spiro atoms. The van der Waals surface area contributed by atoms with Crippen LogP contribution in [0.5, 0.6) is 11.5 Å². The van der Waals surface area contributed by atoms with E-state index in [-0.39, 0.29) is 34.8 Å². The lowest BCUT2D eigenvalue weighted by Crippen LogP contribution is -2.36. The standard InChI is InChI=1S/C29H27F2N5O2/c1-2-25(37)36-20-8-6-17(7-9-20)12-18-15-33-28(26-27(18)34-16-35-29(26)32)23-11-10-22(14-24(23)31)38-21-5-3-4-19(30)13-21/h2-5,10-14,16-17,20H,1,6-9,15H2,(H,36,37)(H2,32,34,35)/b18-12-. The first-order valence-electron chi connectivity index (χ1n) is 12.4. The van der Waals surface area contributed by atoms with Gasteiger partial charge in [-0.1, -0.05) is 18.7 Å². The first-order valence-corrected chi connectivity index (χ1v) is 12.4. The lowest BCUT2D eigenvalue weighted by atomic mass is 9.83. The van der Waals surface area contributed by atoms with E-state index in [2.05, 4.69) is 27.9 Å². The predicted octanol–water partition coefficient (Wildman–Crippen LogP) is 5.22. The molecular formula is C29H27F2N5O2. The van der Waals surface area contributed by atoms with Crippen molar-refractivity contribution in [1.82, 2.24) is 15.3 Å². The minimum atomic E-state index is -0.556. The molecule has 1 aliphatic carbocycles. The number of nitrogens with zero attached hydrogens (tertiary/aromatic N) is 3. The number of aromatic nitrogens is 2. The molecule has 7 nitrogen and oxygen atoms in total. The van der Waals surface area contributed by atoms with Gasteiger partial charge in [-0.3, -0.25) is 9.79 Å². The monoisotopic (exact) mass is 515 g/mol. The number of halogens is 2. The van der Waals surface area contributed by atoms with Crippen molar-refractivity contribution in [1.29, 1.82) is 0 Å². The number of allylic oxidation sites excluding steroid dienone is 1. The average molecular weight is 516 g/mol. The van der Waals surface area contributed by atoms with Crippen LogP contribution in [0.25, 0.3) is 5.57 Å². The number of fused-ring (bicyclic) bond motifs is 1. The molecule has 2 aromatic carbocycles. The van der Waals surface area contributed by atoms with Crippen LogP contribution in [0, 0.1) is 17.6 Å². The third-order valence-electron chi connectivity index (χ3n) is 6.79. The maximum absolute atomic E-state index is 15.3. The van der Waals surface area contributed by atoms with Crippen LogP contribution in [0.4, 0.5) is 14.6 Å². The van der Waals surface area contributed by atoms with Gasteiger partial charge in [0.15, 0.2) is 0 Å². The average Bonchev–Trinajstić information content (AvgIpc) is 2.90. The molecule has 0 radical (unpaired) electrons. The number of hydrogen-bond acceptors (Lipinski definition) is 6. The summed E-state index contributed by atoms with van der Waals surface area (Å²) in [5.41, 5.74) is 8.93. The van der Waals surface area contributed by atoms with E-state index in [1.165, 1.54) is 36.7 Å². The van der Waals surface area contributed by atoms with Crippen molar-refractivity contribution in [2.75, 3.05) is 12.3 Å². The van der Waals surface area contributed by atoms with E-state index >= 15 is 4.39 Å². The minimum absolute atomic E-state index is 0.146. The van der Waals surface area contributed by atoms with Gasteiger partial charge in [-0.05, 0) is 67.5 Å². The summed E-state index contributed by atoms with van der Waals surface area (Å²) >= 11 is 0. The number of ether oxygens (including phenoxy) is 1. The summed E-state index contributed by atoms with van der Waals surface area (Å²) in [6.45, 7) is 3.83. The van der Waals surface area contributed by atoms with E-state index < -0.39 is 11.6 Å². The third-order valence-corrected chi connectivity index (χ3v) is 6.79. The van der Waals surface area contributed by atoms with Crippen molar-refractivity contribution in [3.63, 3.8) is 0 Å². The van der Waals surface area contributed by atoms with Crippen LogP contribution < -0.4 is 15.8 Å². The van der Waals surface area contributed by atoms with E-state index in [1.54, 1.807) is 18.2 Å². The number of anilines is 1. The number of hydrogen-bond donors (Lipinski definition) is 2. The van der Waals surface area contributed by atoms with Crippen LogP contribution in [0.15, 0.2) is 72.5 Å². The smallest absolute Gasteiger partial charge is 0.243 e. The molecule has 0 bridgehead atoms. The minimum Gasteiger partial charge on any atom is -0.457 e. The van der Waals surface area contributed by atoms with Crippen LogP contribution in [-0.2, 0) is 4.79 Å². The second-order valence-corrected chi connectivity index (χ2v) is 9.36. The molecule has 9 heteroatoms. The molecule has 38 heavy (non-hydrogen) atoms. The van der Waals surface area contributed by atoms with E-state index in [0.29, 0.717) is 29.4 Å². The molecule has 194 valence electrons. The number of nitrogens with one attached hydrogen (secondary N) is 1. The van der Waals surface area contributed by atoms with E-state index in [0.717, 1.165) is 31.3 Å². The third kappa shape index (κ3) is 5.46. The first-order chi connectivity index (χ1) is 18.4. The number of aliphatic imine (C=N–C) groups is 1. The number of nitrogen functional groups attached to an aromatic ring is 1. The van der Waals surface area contributed by atoms with Gasteiger partial charge in [0.2, 0.25) is 5.91 Å². The van der Waals surface area contributed by atoms with Crippen LogP contribution in [0.3, 0.4) is 0 Å². The van der Waals surface area contributed by atoms with Gasteiger partial charge in [0.05, 0.1) is 23.5 Å². The summed E-state index contributed by atoms with van der Waals surface area (Å²) in [6, 6.07) is 10.2. The Hall–Kier alpha value is -4.40. The summed E-state index contributed by atoms with van der Waals surface area (Å²) in [6.07, 6.45) is 8.44. The van der Waals surface area contributed by atoms with Crippen LogP contribution in [0.2, 0.25) is 0 Å². The van der Waals surface area contributed by atoms with Gasteiger partial charge < -0.3 is 15.8 Å². The summed E-state index contributed by atoms with van der Waals surface area (Å²) < 4.78 is 34.4. The van der Waals surface area contributed by atoms with Gasteiger partial charge in [0.1, 0.15) is 35.3 Å². The maximum Gasteiger partial charge on any atom is 0.243 e. The van der Waals surface area contributed by atoms with Gasteiger partial charge in [-0.2, -0.15) is 0 Å². The summed E-state index contributed by atoms with van der Waals surface area (Å²) in [7, 11) is 0. The normalized spacial score (nSPS) is 19.8. The van der Waals surface area contributed by atoms with Crippen molar-refractivity contribution >= 4 is 23.0 Å². The highest BCUT2D eigenvalue weighted by Gasteiger charge is 2.28. The molecule has 5 rings (SSSR count). The SMILES string of the molecule is C=CC(=O)NC1CCC(/C=C2/CN=C(c3ccc(Oc4cccc(F)c4)cc3F)c3c(N)ncnc32)CC1. The number of rotatable bonds is 6. The van der Waals surface area contributed by atoms with E-state index in [1.807, 2.05) is 0 Å². The topological polar surface area (TPSA) is 102 Å². The van der Waals surface area contributed by atoms with Gasteiger partial charge >= 0.3 is 0 Å². The lowest BCUT2D eigenvalue weighted by Gasteiger charge is -2.28. The number of amides is 1. The molecule has 3 N–H and O–H groups in total. The highest BCUT2D eigenvalue weighted by Crippen LogP contribution is 2.34. The predicted molar refractivity (Wildman–Crippen MR) is 142 cm³/mol. The Bertz CT molecular complexity index is 1440. The van der Waals surface area contributed by atoms with Gasteiger partial charge in [-0.25, -0.2) is 18.7 Å². The molecule has 0 unspecified atom stereocenters. The highest BCUT2D eigenvalue weighted by molar-refractivity contribution is 6.19. The van der Waals surface area contributed by atoms with E-state index in [9.17, 15) is 9.18 Å². The number of carbonyl (C=O) groups excluding carboxylic acids is 1. The fourth-order valence-corrected chi connectivity index (χ4v) is 4.94. The Morgan fingerprint density at radius 2 is 1.87 bits per heavy atom. The second-order valence-electron chi connectivity index (χ2n) is 9.36. The molecule has 2 heterocycles. The molecule has 3 aromatic rings. The highest BCUT2D eigenvalue weighted by atomic mass is 19.1. The van der Waals surface area contributed by atoms with Crippen LogP contribution in [-0.4, -0.2) is 34.2 Å². The molecular weight excluding hydrogens is 488 g/mol. The summed E-state index contributed by atoms with van der Waals surface area (Å²) in [5.74, 6) is -0.136. The van der Waals surface area contributed by atoms with Gasteiger partial charge in [0, 0.05) is 23.7 Å². The Balaban J connectivity index is 1.38. The molecule has 1 fully saturated rings. The molecule has 1 amide bonds. The van der Waals surface area contributed by atoms with Crippen molar-refractivity contribution in [3.05, 3.63) is 96.0 Å². The van der Waals surface area contributed by atoms with Crippen molar-refractivity contribution < 1.29 is 18.3 Å². The van der Waals surface area contributed by atoms with Crippen molar-refractivity contribution in [2.24, 2.45) is 10.9 Å². The second kappa shape index (κ2) is 10.9. The zero-order valence-electron chi connectivity index (χ0n) is 20.7. The van der Waals surface area contributed by atoms with Crippen molar-refractivity contribution in [3.8, 4) is 11.5 Å². The molecule has 0 saturated heterocycles. The zero-order chi connectivity index (χ0) is 26.6. The fraction of sp³-hybridized carbons (Fsp3) is 0.241. The summed E-state index contributed by atoms with van der Waals surface area (Å²) in [4.78, 5) is 24.9. The first kappa shape index (κ1) is 25.3.